The van der Waals surface area contributed by atoms with Gasteiger partial charge in [-0.05, 0) is 49.1 Å². The highest BCUT2D eigenvalue weighted by Gasteiger charge is 2.38. The summed E-state index contributed by atoms with van der Waals surface area (Å²) in [5.41, 5.74) is 4.31. The van der Waals surface area contributed by atoms with Crippen molar-refractivity contribution in [1.82, 2.24) is 0 Å². The second-order valence-electron chi connectivity index (χ2n) is 8.06. The molecule has 0 amide bonds. The highest BCUT2D eigenvalue weighted by molar-refractivity contribution is 6.15. The highest BCUT2D eigenvalue weighted by atomic mass is 16.5. The monoisotopic (exact) mass is 437 g/mol. The number of nitrogens with zero attached hydrogens (tertiary/aromatic N) is 1. The van der Waals surface area contributed by atoms with Gasteiger partial charge in [0.2, 0.25) is 0 Å². The summed E-state index contributed by atoms with van der Waals surface area (Å²) in [7, 11) is 4.59. The Labute approximate surface area is 187 Å². The maximum absolute atomic E-state index is 11.8. The lowest BCUT2D eigenvalue weighted by Gasteiger charge is -2.38. The van der Waals surface area contributed by atoms with E-state index in [2.05, 4.69) is 0 Å². The summed E-state index contributed by atoms with van der Waals surface area (Å²) in [5, 5.41) is 0. The van der Waals surface area contributed by atoms with E-state index in [0.717, 1.165) is 35.2 Å². The molecule has 0 N–H and O–H groups in total. The molecule has 2 aliphatic rings. The number of benzene rings is 2. The van der Waals surface area contributed by atoms with Crippen LogP contribution in [0, 0.1) is 0 Å². The van der Waals surface area contributed by atoms with E-state index in [0.29, 0.717) is 23.5 Å². The predicted octanol–water partition coefficient (Wildman–Crippen LogP) is 3.91. The Hall–Kier alpha value is -3.35. The predicted molar refractivity (Wildman–Crippen MR) is 119 cm³/mol. The van der Waals surface area contributed by atoms with Gasteiger partial charge in [-0.15, -0.1) is 0 Å². The fourth-order valence-corrected chi connectivity index (χ4v) is 4.70. The molecule has 168 valence electrons. The number of hydrogen-bond donors (Lipinski definition) is 0. The quantitative estimate of drug-likeness (QED) is 0.660. The van der Waals surface area contributed by atoms with Crippen LogP contribution in [0.3, 0.4) is 0 Å². The van der Waals surface area contributed by atoms with E-state index in [4.69, 9.17) is 23.9 Å². The van der Waals surface area contributed by atoms with Crippen molar-refractivity contribution < 1.29 is 28.5 Å². The third-order valence-electron chi connectivity index (χ3n) is 6.18. The number of rotatable bonds is 5. The molecule has 1 saturated carbocycles. The molecular formula is C25H27NO6. The van der Waals surface area contributed by atoms with Crippen molar-refractivity contribution >= 4 is 17.7 Å². The highest BCUT2D eigenvalue weighted by Crippen LogP contribution is 2.45. The first-order chi connectivity index (χ1) is 15.4. The molecule has 1 aliphatic heterocycles. The molecule has 0 spiro atoms. The van der Waals surface area contributed by atoms with Crippen LogP contribution in [-0.4, -0.2) is 51.1 Å². The fraction of sp³-hybridized carbons (Fsp3) is 0.400. The van der Waals surface area contributed by atoms with E-state index in [9.17, 15) is 9.59 Å². The molecule has 7 nitrogen and oxygen atoms in total. The maximum atomic E-state index is 11.8. The summed E-state index contributed by atoms with van der Waals surface area (Å²) in [6, 6.07) is 11.3. The fourth-order valence-electron chi connectivity index (χ4n) is 4.70. The number of carbonyl (C=O) groups excluding carboxylic acids is 2. The van der Waals surface area contributed by atoms with E-state index in [-0.39, 0.29) is 30.0 Å². The minimum atomic E-state index is -0.377. The van der Waals surface area contributed by atoms with Crippen molar-refractivity contribution in [3.63, 3.8) is 0 Å². The summed E-state index contributed by atoms with van der Waals surface area (Å²) in [5.74, 6) is 0.753. The van der Waals surface area contributed by atoms with Gasteiger partial charge in [0.1, 0.15) is 6.10 Å². The van der Waals surface area contributed by atoms with Crippen LogP contribution in [0.5, 0.6) is 11.5 Å². The first kappa shape index (κ1) is 21.9. The summed E-state index contributed by atoms with van der Waals surface area (Å²) < 4.78 is 21.5. The van der Waals surface area contributed by atoms with Crippen LogP contribution in [0.15, 0.2) is 41.4 Å². The summed E-state index contributed by atoms with van der Waals surface area (Å²) in [6.45, 7) is 1.45. The van der Waals surface area contributed by atoms with Gasteiger partial charge in [0.25, 0.3) is 0 Å². The molecule has 1 heterocycles. The van der Waals surface area contributed by atoms with Crippen LogP contribution < -0.4 is 9.47 Å². The van der Waals surface area contributed by atoms with Crippen LogP contribution in [0.25, 0.3) is 0 Å². The van der Waals surface area contributed by atoms with E-state index in [1.165, 1.54) is 14.0 Å². The van der Waals surface area contributed by atoms with Crippen molar-refractivity contribution in [1.29, 1.82) is 0 Å². The zero-order valence-corrected chi connectivity index (χ0v) is 18.7. The zero-order valence-electron chi connectivity index (χ0n) is 18.7. The average Bonchev–Trinajstić information content (AvgIpc) is 2.81. The van der Waals surface area contributed by atoms with Crippen LogP contribution in [0.4, 0.5) is 0 Å². The van der Waals surface area contributed by atoms with Crippen molar-refractivity contribution in [3.8, 4) is 11.5 Å². The molecule has 4 rings (SSSR count). The maximum Gasteiger partial charge on any atom is 0.337 e. The smallest absolute Gasteiger partial charge is 0.337 e. The lowest BCUT2D eigenvalue weighted by molar-refractivity contribution is -0.148. The number of methoxy groups -OCH3 is 3. The molecule has 0 radical (unpaired) electrons. The van der Waals surface area contributed by atoms with Gasteiger partial charge in [0.15, 0.2) is 11.5 Å². The number of fused-ring (bicyclic) bond motifs is 3. The minimum Gasteiger partial charge on any atom is -0.493 e. The van der Waals surface area contributed by atoms with E-state index in [1.54, 1.807) is 26.4 Å². The van der Waals surface area contributed by atoms with Crippen molar-refractivity contribution in [3.05, 3.63) is 58.7 Å². The molecule has 0 bridgehead atoms. The Bertz CT molecular complexity index is 1060. The number of aliphatic imine (C=N–C) groups is 1. The Morgan fingerprint density at radius 3 is 2.28 bits per heavy atom. The van der Waals surface area contributed by atoms with E-state index >= 15 is 0 Å². The first-order valence-electron chi connectivity index (χ1n) is 10.6. The van der Waals surface area contributed by atoms with Gasteiger partial charge in [0, 0.05) is 24.0 Å². The van der Waals surface area contributed by atoms with Crippen molar-refractivity contribution in [2.45, 2.75) is 44.2 Å². The summed E-state index contributed by atoms with van der Waals surface area (Å²) in [4.78, 5) is 28.5. The standard InChI is InChI=1S/C25H27NO6/c1-14(27)32-17-9-10-21-19(11-17)18-12-22(29-2)23(30-3)13-20(18)24(26-21)15-5-7-16(8-6-15)25(28)31-4/h5-8,12-13,17,19,21H,9-11H2,1-4H3. The molecule has 1 aliphatic carbocycles. The van der Waals surface area contributed by atoms with Crippen molar-refractivity contribution in [2.24, 2.45) is 4.99 Å². The topological polar surface area (TPSA) is 83.4 Å². The van der Waals surface area contributed by atoms with Gasteiger partial charge in [-0.1, -0.05) is 12.1 Å². The molecule has 1 fully saturated rings. The largest absolute Gasteiger partial charge is 0.493 e. The molecular weight excluding hydrogens is 410 g/mol. The molecule has 32 heavy (non-hydrogen) atoms. The number of hydrogen-bond acceptors (Lipinski definition) is 7. The van der Waals surface area contributed by atoms with Gasteiger partial charge < -0.3 is 18.9 Å². The molecule has 7 heteroatoms. The normalized spacial score (nSPS) is 21.5. The minimum absolute atomic E-state index is 0.0719. The lowest BCUT2D eigenvalue weighted by atomic mass is 9.74. The summed E-state index contributed by atoms with van der Waals surface area (Å²) >= 11 is 0. The molecule has 3 atom stereocenters. The lowest BCUT2D eigenvalue weighted by Crippen LogP contribution is -2.36. The molecule has 3 unspecified atom stereocenters. The van der Waals surface area contributed by atoms with E-state index in [1.807, 2.05) is 24.3 Å². The van der Waals surface area contributed by atoms with Gasteiger partial charge in [0.05, 0.1) is 38.6 Å². The number of carbonyl (C=O) groups is 2. The Kier molecular flexibility index (Phi) is 6.17. The third-order valence-corrected chi connectivity index (χ3v) is 6.18. The molecule has 2 aromatic carbocycles. The Balaban J connectivity index is 1.79. The second-order valence-corrected chi connectivity index (χ2v) is 8.06. The van der Waals surface area contributed by atoms with Gasteiger partial charge in [-0.25, -0.2) is 4.79 Å². The average molecular weight is 437 g/mol. The molecule has 0 saturated heterocycles. The Morgan fingerprint density at radius 1 is 0.969 bits per heavy atom. The van der Waals surface area contributed by atoms with Gasteiger partial charge in [-0.2, -0.15) is 0 Å². The second kappa shape index (κ2) is 9.02. The van der Waals surface area contributed by atoms with Crippen LogP contribution in [0.1, 0.15) is 59.2 Å². The number of ether oxygens (including phenoxy) is 4. The van der Waals surface area contributed by atoms with Crippen molar-refractivity contribution in [2.75, 3.05) is 21.3 Å². The first-order valence-corrected chi connectivity index (χ1v) is 10.6. The third kappa shape index (κ3) is 4.07. The summed E-state index contributed by atoms with van der Waals surface area (Å²) in [6.07, 6.45) is 2.19. The molecule has 0 aromatic heterocycles. The van der Waals surface area contributed by atoms with Crippen LogP contribution in [0.2, 0.25) is 0 Å². The van der Waals surface area contributed by atoms with E-state index < -0.39 is 0 Å². The number of esters is 2. The van der Waals surface area contributed by atoms with Crippen LogP contribution >= 0.6 is 0 Å². The van der Waals surface area contributed by atoms with Crippen LogP contribution in [-0.2, 0) is 14.3 Å². The SMILES string of the molecule is COC(=O)c1ccc(C2=NC3CCC(OC(C)=O)CC3c3cc(OC)c(OC)cc32)cc1. The van der Waals surface area contributed by atoms with Gasteiger partial charge in [-0.3, -0.25) is 9.79 Å². The van der Waals surface area contributed by atoms with Gasteiger partial charge >= 0.3 is 11.9 Å². The molecule has 2 aromatic rings. The zero-order chi connectivity index (χ0) is 22.8. The Morgan fingerprint density at radius 2 is 1.66 bits per heavy atom.